The van der Waals surface area contributed by atoms with Gasteiger partial charge in [0.15, 0.2) is 11.6 Å². The molecule has 0 spiro atoms. The fourth-order valence-electron chi connectivity index (χ4n) is 4.63. The van der Waals surface area contributed by atoms with Crippen molar-refractivity contribution in [2.45, 2.75) is 63.6 Å². The van der Waals surface area contributed by atoms with Crippen molar-refractivity contribution >= 4 is 11.8 Å². The van der Waals surface area contributed by atoms with E-state index in [1.807, 2.05) is 38.7 Å². The molecule has 2 aliphatic carbocycles. The zero-order valence-electron chi connectivity index (χ0n) is 18.4. The summed E-state index contributed by atoms with van der Waals surface area (Å²) in [4.78, 5) is 26.2. The Morgan fingerprint density at radius 1 is 1.06 bits per heavy atom. The maximum Gasteiger partial charge on any atom is 0.326 e. The molecule has 0 atom stereocenters. The summed E-state index contributed by atoms with van der Waals surface area (Å²) in [5.41, 5.74) is 0.723. The third-order valence-electron chi connectivity index (χ3n) is 6.78. The molecule has 1 aliphatic heterocycles. The van der Waals surface area contributed by atoms with E-state index >= 15 is 0 Å². The van der Waals surface area contributed by atoms with E-state index in [2.05, 4.69) is 34.1 Å². The van der Waals surface area contributed by atoms with E-state index < -0.39 is 0 Å². The van der Waals surface area contributed by atoms with E-state index in [0.29, 0.717) is 30.1 Å². The highest BCUT2D eigenvalue weighted by Crippen LogP contribution is 2.40. The summed E-state index contributed by atoms with van der Waals surface area (Å²) in [5.74, 6) is 2.93. The van der Waals surface area contributed by atoms with Gasteiger partial charge in [0.1, 0.15) is 24.2 Å². The predicted octanol–water partition coefficient (Wildman–Crippen LogP) is 3.04. The molecule has 2 saturated carbocycles. The molecule has 0 radical (unpaired) electrons. The molecule has 2 amide bonds. The Hall–Kier alpha value is -3.30. The van der Waals surface area contributed by atoms with Gasteiger partial charge in [-0.2, -0.15) is 5.10 Å². The van der Waals surface area contributed by atoms with Crippen molar-refractivity contribution in [1.29, 1.82) is 0 Å². The number of anilines is 1. The summed E-state index contributed by atoms with van der Waals surface area (Å²) in [7, 11) is 0. The van der Waals surface area contributed by atoms with Crippen LogP contribution in [-0.2, 0) is 0 Å². The normalized spacial score (nSPS) is 23.3. The monoisotopic (exact) mass is 433 g/mol. The van der Waals surface area contributed by atoms with Gasteiger partial charge in [-0.05, 0) is 51.7 Å². The summed E-state index contributed by atoms with van der Waals surface area (Å²) in [6.07, 6.45) is 7.85. The number of pyridine rings is 1. The van der Waals surface area contributed by atoms with Crippen LogP contribution in [0.15, 0.2) is 30.9 Å². The van der Waals surface area contributed by atoms with Gasteiger partial charge in [0, 0.05) is 31.1 Å². The molecule has 0 N–H and O–H groups in total. The lowest BCUT2D eigenvalue weighted by Crippen LogP contribution is -2.47. The van der Waals surface area contributed by atoms with Gasteiger partial charge in [-0.15, -0.1) is 10.2 Å². The third-order valence-corrected chi connectivity index (χ3v) is 6.78. The SMILES string of the molecule is CC(C)n1cnnc1-c1cccc(N2CCN(C3CC(n4cnc(C5CC5)n4)C3)C2=O)n1. The van der Waals surface area contributed by atoms with Crippen molar-refractivity contribution < 1.29 is 4.79 Å². The molecule has 6 rings (SSSR count). The van der Waals surface area contributed by atoms with Gasteiger partial charge in [0.25, 0.3) is 0 Å². The summed E-state index contributed by atoms with van der Waals surface area (Å²) in [6.45, 7) is 5.52. The minimum atomic E-state index is 0.0284. The number of carbonyl (C=O) groups is 1. The number of hydrogen-bond donors (Lipinski definition) is 0. The topological polar surface area (TPSA) is 97.9 Å². The Balaban J connectivity index is 1.14. The van der Waals surface area contributed by atoms with Gasteiger partial charge < -0.3 is 9.47 Å². The van der Waals surface area contributed by atoms with Crippen molar-refractivity contribution in [3.05, 3.63) is 36.7 Å². The molecule has 3 aliphatic rings. The lowest BCUT2D eigenvalue weighted by atomic mass is 9.86. The smallest absolute Gasteiger partial charge is 0.319 e. The molecule has 32 heavy (non-hydrogen) atoms. The lowest BCUT2D eigenvalue weighted by molar-refractivity contribution is 0.115. The Bertz CT molecular complexity index is 1140. The van der Waals surface area contributed by atoms with Crippen LogP contribution in [0.3, 0.4) is 0 Å². The maximum atomic E-state index is 13.2. The van der Waals surface area contributed by atoms with E-state index in [-0.39, 0.29) is 18.1 Å². The highest BCUT2D eigenvalue weighted by molar-refractivity contribution is 5.93. The number of aromatic nitrogens is 7. The number of nitrogens with zero attached hydrogens (tertiary/aromatic N) is 9. The van der Waals surface area contributed by atoms with Crippen LogP contribution >= 0.6 is 0 Å². The number of rotatable bonds is 6. The Kier molecular flexibility index (Phi) is 4.48. The van der Waals surface area contributed by atoms with Crippen molar-refractivity contribution in [2.75, 3.05) is 18.0 Å². The average molecular weight is 434 g/mol. The van der Waals surface area contributed by atoms with Crippen LogP contribution in [0.5, 0.6) is 0 Å². The van der Waals surface area contributed by atoms with Crippen molar-refractivity contribution in [3.63, 3.8) is 0 Å². The fourth-order valence-corrected chi connectivity index (χ4v) is 4.63. The van der Waals surface area contributed by atoms with Crippen LogP contribution in [-0.4, -0.2) is 64.6 Å². The highest BCUT2D eigenvalue weighted by atomic mass is 16.2. The van der Waals surface area contributed by atoms with Crippen LogP contribution in [0.2, 0.25) is 0 Å². The number of urea groups is 1. The second-order valence-corrected chi connectivity index (χ2v) is 9.30. The second kappa shape index (κ2) is 7.39. The van der Waals surface area contributed by atoms with Crippen LogP contribution < -0.4 is 4.90 Å². The molecule has 1 saturated heterocycles. The Morgan fingerprint density at radius 3 is 2.69 bits per heavy atom. The van der Waals surface area contributed by atoms with Gasteiger partial charge >= 0.3 is 6.03 Å². The van der Waals surface area contributed by atoms with E-state index in [0.717, 1.165) is 30.9 Å². The highest BCUT2D eigenvalue weighted by Gasteiger charge is 2.42. The standard InChI is InChI=1S/C22H27N9O/c1-14(2)30-13-24-26-21(30)18-4-3-5-19(25-18)29-9-8-28(22(29)32)16-10-17(11-16)31-12-23-20(27-31)15-6-7-15/h3-5,12-17H,6-11H2,1-2H3. The zero-order chi connectivity index (χ0) is 21.8. The summed E-state index contributed by atoms with van der Waals surface area (Å²) >= 11 is 0. The molecule has 3 aromatic heterocycles. The largest absolute Gasteiger partial charge is 0.326 e. The minimum Gasteiger partial charge on any atom is -0.319 e. The molecule has 10 nitrogen and oxygen atoms in total. The summed E-state index contributed by atoms with van der Waals surface area (Å²) < 4.78 is 3.98. The van der Waals surface area contributed by atoms with E-state index in [1.165, 1.54) is 12.8 Å². The molecule has 4 heterocycles. The molecule has 0 bridgehead atoms. The first-order valence-electron chi connectivity index (χ1n) is 11.4. The zero-order valence-corrected chi connectivity index (χ0v) is 18.4. The third kappa shape index (κ3) is 3.25. The van der Waals surface area contributed by atoms with E-state index in [1.54, 1.807) is 11.2 Å². The van der Waals surface area contributed by atoms with Crippen LogP contribution in [0, 0.1) is 0 Å². The van der Waals surface area contributed by atoms with Gasteiger partial charge in [-0.1, -0.05) is 6.07 Å². The van der Waals surface area contributed by atoms with E-state index in [9.17, 15) is 4.79 Å². The lowest BCUT2D eigenvalue weighted by Gasteiger charge is -2.40. The molecule has 10 heteroatoms. The van der Waals surface area contributed by atoms with Gasteiger partial charge in [0.05, 0.1) is 6.04 Å². The fraction of sp³-hybridized carbons (Fsp3) is 0.545. The first-order valence-corrected chi connectivity index (χ1v) is 11.4. The predicted molar refractivity (Wildman–Crippen MR) is 117 cm³/mol. The molecule has 3 fully saturated rings. The maximum absolute atomic E-state index is 13.2. The van der Waals surface area contributed by atoms with Gasteiger partial charge in [-0.3, -0.25) is 4.90 Å². The van der Waals surface area contributed by atoms with Gasteiger partial charge in [-0.25, -0.2) is 19.4 Å². The van der Waals surface area contributed by atoms with Gasteiger partial charge in [0.2, 0.25) is 0 Å². The minimum absolute atomic E-state index is 0.0284. The van der Waals surface area contributed by atoms with Crippen LogP contribution in [0.25, 0.3) is 11.5 Å². The molecule has 0 aromatic carbocycles. The molecular formula is C22H27N9O. The number of hydrogen-bond acceptors (Lipinski definition) is 6. The Labute approximate surface area is 186 Å². The van der Waals surface area contributed by atoms with Crippen molar-refractivity contribution in [2.24, 2.45) is 0 Å². The number of carbonyl (C=O) groups excluding carboxylic acids is 1. The van der Waals surface area contributed by atoms with Crippen molar-refractivity contribution in [3.8, 4) is 11.5 Å². The first-order chi connectivity index (χ1) is 15.6. The molecule has 0 unspecified atom stereocenters. The Morgan fingerprint density at radius 2 is 1.91 bits per heavy atom. The summed E-state index contributed by atoms with van der Waals surface area (Å²) in [6, 6.07) is 6.57. The first kappa shape index (κ1) is 19.4. The molecular weight excluding hydrogens is 406 g/mol. The quantitative estimate of drug-likeness (QED) is 0.593. The van der Waals surface area contributed by atoms with E-state index in [4.69, 9.17) is 4.98 Å². The van der Waals surface area contributed by atoms with Crippen LogP contribution in [0.4, 0.5) is 10.6 Å². The van der Waals surface area contributed by atoms with Crippen LogP contribution in [0.1, 0.15) is 63.4 Å². The molecule has 166 valence electrons. The average Bonchev–Trinajstić information content (AvgIpc) is 3.14. The summed E-state index contributed by atoms with van der Waals surface area (Å²) in [5, 5.41) is 12.9. The van der Waals surface area contributed by atoms with Crippen molar-refractivity contribution in [1.82, 2.24) is 39.4 Å². The molecule has 3 aromatic rings. The number of amides is 2. The second-order valence-electron chi connectivity index (χ2n) is 9.30.